The standard InChI is InChI=1S/C15H19N5O2/c1-2-20-10-14(18-19-20)17-15(21)16-9-13-12-6-4-3-5-11(12)7-8-22-13/h3-6,10,13H,2,7-9H2,1H3,(H2,16,17,21). The molecule has 1 aliphatic heterocycles. The van der Waals surface area contributed by atoms with E-state index < -0.39 is 0 Å². The van der Waals surface area contributed by atoms with E-state index in [1.165, 1.54) is 5.56 Å². The Morgan fingerprint density at radius 1 is 1.45 bits per heavy atom. The van der Waals surface area contributed by atoms with E-state index in [0.29, 0.717) is 25.5 Å². The molecule has 2 amide bonds. The van der Waals surface area contributed by atoms with Crippen molar-refractivity contribution in [2.75, 3.05) is 18.5 Å². The van der Waals surface area contributed by atoms with E-state index in [2.05, 4.69) is 27.0 Å². The summed E-state index contributed by atoms with van der Waals surface area (Å²) in [6.45, 7) is 3.76. The topological polar surface area (TPSA) is 81.1 Å². The smallest absolute Gasteiger partial charge is 0.320 e. The number of amides is 2. The maximum absolute atomic E-state index is 11.9. The molecule has 0 aliphatic carbocycles. The molecular weight excluding hydrogens is 282 g/mol. The van der Waals surface area contributed by atoms with Gasteiger partial charge < -0.3 is 10.1 Å². The molecular formula is C15H19N5O2. The molecule has 7 nitrogen and oxygen atoms in total. The summed E-state index contributed by atoms with van der Waals surface area (Å²) in [5, 5.41) is 13.2. The van der Waals surface area contributed by atoms with E-state index in [1.54, 1.807) is 10.9 Å². The maximum Gasteiger partial charge on any atom is 0.320 e. The van der Waals surface area contributed by atoms with Crippen LogP contribution in [0, 0.1) is 0 Å². The van der Waals surface area contributed by atoms with Gasteiger partial charge in [-0.1, -0.05) is 29.5 Å². The van der Waals surface area contributed by atoms with Crippen LogP contribution in [0.2, 0.25) is 0 Å². The normalized spacial score (nSPS) is 16.9. The predicted octanol–water partition coefficient (Wildman–Crippen LogP) is 1.73. The summed E-state index contributed by atoms with van der Waals surface area (Å²) in [4.78, 5) is 11.9. The van der Waals surface area contributed by atoms with Gasteiger partial charge in [0.2, 0.25) is 0 Å². The Kier molecular flexibility index (Phi) is 4.34. The van der Waals surface area contributed by atoms with Gasteiger partial charge in [0, 0.05) is 13.1 Å². The van der Waals surface area contributed by atoms with Crippen LogP contribution in [-0.2, 0) is 17.7 Å². The van der Waals surface area contributed by atoms with Crippen LogP contribution in [0.4, 0.5) is 10.6 Å². The van der Waals surface area contributed by atoms with Crippen molar-refractivity contribution in [2.24, 2.45) is 0 Å². The van der Waals surface area contributed by atoms with E-state index in [4.69, 9.17) is 4.74 Å². The summed E-state index contributed by atoms with van der Waals surface area (Å²) in [7, 11) is 0. The van der Waals surface area contributed by atoms with Crippen LogP contribution < -0.4 is 10.6 Å². The number of ether oxygens (including phenoxy) is 1. The monoisotopic (exact) mass is 301 g/mol. The summed E-state index contributed by atoms with van der Waals surface area (Å²) in [5.41, 5.74) is 2.43. The first kappa shape index (κ1) is 14.5. The molecule has 7 heteroatoms. The summed E-state index contributed by atoms with van der Waals surface area (Å²) < 4.78 is 7.40. The first-order chi connectivity index (χ1) is 10.8. The third kappa shape index (κ3) is 3.25. The molecule has 1 atom stereocenters. The third-order valence-electron chi connectivity index (χ3n) is 3.64. The van der Waals surface area contributed by atoms with Gasteiger partial charge in [-0.3, -0.25) is 10.00 Å². The lowest BCUT2D eigenvalue weighted by Crippen LogP contribution is -2.34. The fourth-order valence-corrected chi connectivity index (χ4v) is 2.50. The van der Waals surface area contributed by atoms with Crippen molar-refractivity contribution in [3.8, 4) is 0 Å². The van der Waals surface area contributed by atoms with Gasteiger partial charge in [0.05, 0.1) is 12.8 Å². The molecule has 2 N–H and O–H groups in total. The van der Waals surface area contributed by atoms with Crippen LogP contribution in [-0.4, -0.2) is 34.2 Å². The van der Waals surface area contributed by atoms with Crippen molar-refractivity contribution < 1.29 is 9.53 Å². The molecule has 0 saturated carbocycles. The number of fused-ring (bicyclic) bond motifs is 1. The molecule has 2 heterocycles. The Morgan fingerprint density at radius 3 is 3.14 bits per heavy atom. The first-order valence-electron chi connectivity index (χ1n) is 7.40. The number of hydrogen-bond donors (Lipinski definition) is 2. The second-order valence-corrected chi connectivity index (χ2v) is 5.10. The molecule has 1 unspecified atom stereocenters. The number of urea groups is 1. The highest BCUT2D eigenvalue weighted by Gasteiger charge is 2.20. The molecule has 0 spiro atoms. The Bertz CT molecular complexity index is 655. The molecule has 2 aromatic rings. The molecule has 0 saturated heterocycles. The Hall–Kier alpha value is -2.41. The van der Waals surface area contributed by atoms with Gasteiger partial charge in [-0.15, -0.1) is 5.10 Å². The molecule has 1 aromatic heterocycles. The number of rotatable bonds is 4. The molecule has 22 heavy (non-hydrogen) atoms. The van der Waals surface area contributed by atoms with Crippen molar-refractivity contribution in [1.29, 1.82) is 0 Å². The fourth-order valence-electron chi connectivity index (χ4n) is 2.50. The molecule has 1 aliphatic rings. The highest BCUT2D eigenvalue weighted by molar-refractivity contribution is 5.87. The Balaban J connectivity index is 1.55. The average molecular weight is 301 g/mol. The lowest BCUT2D eigenvalue weighted by Gasteiger charge is -2.26. The zero-order valence-corrected chi connectivity index (χ0v) is 12.5. The fraction of sp³-hybridized carbons (Fsp3) is 0.400. The number of nitrogens with one attached hydrogen (secondary N) is 2. The van der Waals surface area contributed by atoms with Crippen LogP contribution in [0.1, 0.15) is 24.2 Å². The highest BCUT2D eigenvalue weighted by atomic mass is 16.5. The summed E-state index contributed by atoms with van der Waals surface area (Å²) >= 11 is 0. The summed E-state index contributed by atoms with van der Waals surface area (Å²) in [5.74, 6) is 0.435. The quantitative estimate of drug-likeness (QED) is 0.901. The van der Waals surface area contributed by atoms with Crippen LogP contribution in [0.3, 0.4) is 0 Å². The average Bonchev–Trinajstić information content (AvgIpc) is 3.00. The number of aromatic nitrogens is 3. The van der Waals surface area contributed by atoms with Gasteiger partial charge in [0.15, 0.2) is 5.82 Å². The van der Waals surface area contributed by atoms with Crippen molar-refractivity contribution >= 4 is 11.8 Å². The molecule has 3 rings (SSSR count). The second-order valence-electron chi connectivity index (χ2n) is 5.10. The number of carbonyl (C=O) groups is 1. The van der Waals surface area contributed by atoms with Gasteiger partial charge in [0.25, 0.3) is 0 Å². The van der Waals surface area contributed by atoms with Crippen molar-refractivity contribution in [2.45, 2.75) is 26.0 Å². The summed E-state index contributed by atoms with van der Waals surface area (Å²) in [6, 6.07) is 7.86. The van der Waals surface area contributed by atoms with E-state index in [1.807, 2.05) is 25.1 Å². The lowest BCUT2D eigenvalue weighted by atomic mass is 9.98. The zero-order chi connectivity index (χ0) is 15.4. The van der Waals surface area contributed by atoms with Gasteiger partial charge >= 0.3 is 6.03 Å². The number of carbonyl (C=O) groups excluding carboxylic acids is 1. The minimum absolute atomic E-state index is 0.109. The first-order valence-corrected chi connectivity index (χ1v) is 7.40. The van der Waals surface area contributed by atoms with Gasteiger partial charge in [0.1, 0.15) is 6.10 Å². The number of anilines is 1. The molecule has 0 fully saturated rings. The van der Waals surface area contributed by atoms with E-state index in [9.17, 15) is 4.79 Å². The maximum atomic E-state index is 11.9. The molecule has 1 aromatic carbocycles. The minimum Gasteiger partial charge on any atom is -0.371 e. The Labute approximate surface area is 128 Å². The van der Waals surface area contributed by atoms with Gasteiger partial charge in [-0.2, -0.15) is 0 Å². The van der Waals surface area contributed by atoms with E-state index in [-0.39, 0.29) is 12.1 Å². The predicted molar refractivity (Wildman–Crippen MR) is 81.6 cm³/mol. The van der Waals surface area contributed by atoms with E-state index in [0.717, 1.165) is 12.0 Å². The molecule has 0 bridgehead atoms. The van der Waals surface area contributed by atoms with Gasteiger partial charge in [-0.05, 0) is 24.5 Å². The largest absolute Gasteiger partial charge is 0.371 e. The Morgan fingerprint density at radius 2 is 2.32 bits per heavy atom. The SMILES string of the molecule is CCn1cc(NC(=O)NCC2OCCc3ccccc32)nn1. The summed E-state index contributed by atoms with van der Waals surface area (Å²) in [6.07, 6.45) is 2.49. The number of aryl methyl sites for hydroxylation is 1. The van der Waals surface area contributed by atoms with Crippen molar-refractivity contribution in [3.05, 3.63) is 41.6 Å². The second kappa shape index (κ2) is 6.57. The number of hydrogen-bond acceptors (Lipinski definition) is 4. The third-order valence-corrected chi connectivity index (χ3v) is 3.64. The molecule has 0 radical (unpaired) electrons. The lowest BCUT2D eigenvalue weighted by molar-refractivity contribution is 0.0444. The number of benzene rings is 1. The van der Waals surface area contributed by atoms with Crippen LogP contribution in [0.15, 0.2) is 30.5 Å². The van der Waals surface area contributed by atoms with Crippen molar-refractivity contribution in [3.63, 3.8) is 0 Å². The highest BCUT2D eigenvalue weighted by Crippen LogP contribution is 2.26. The zero-order valence-electron chi connectivity index (χ0n) is 12.5. The van der Waals surface area contributed by atoms with E-state index >= 15 is 0 Å². The van der Waals surface area contributed by atoms with Crippen LogP contribution >= 0.6 is 0 Å². The van der Waals surface area contributed by atoms with Crippen molar-refractivity contribution in [1.82, 2.24) is 20.3 Å². The van der Waals surface area contributed by atoms with Gasteiger partial charge in [-0.25, -0.2) is 4.79 Å². The number of nitrogens with zero attached hydrogens (tertiary/aromatic N) is 3. The molecule has 116 valence electrons. The minimum atomic E-state index is -0.310. The van der Waals surface area contributed by atoms with Crippen LogP contribution in [0.5, 0.6) is 0 Å². The van der Waals surface area contributed by atoms with Crippen LogP contribution in [0.25, 0.3) is 0 Å².